The molecule has 0 saturated heterocycles. The zero-order chi connectivity index (χ0) is 14.7. The molecule has 2 N–H and O–H groups in total. The number of hydrogen-bond donors (Lipinski definition) is 1. The van der Waals surface area contributed by atoms with Crippen molar-refractivity contribution in [1.29, 1.82) is 0 Å². The van der Waals surface area contributed by atoms with E-state index in [1.807, 2.05) is 31.2 Å². The third-order valence-corrected chi connectivity index (χ3v) is 3.73. The first kappa shape index (κ1) is 15.4. The smallest absolute Gasteiger partial charge is 0.141 e. The monoisotopic (exact) mass is 353 g/mol. The van der Waals surface area contributed by atoms with Gasteiger partial charge in [-0.05, 0) is 66.0 Å². The number of rotatable bonds is 4. The van der Waals surface area contributed by atoms with Gasteiger partial charge in [0.05, 0.1) is 4.47 Å². The van der Waals surface area contributed by atoms with Crippen molar-refractivity contribution in [2.24, 2.45) is 5.73 Å². The summed E-state index contributed by atoms with van der Waals surface area (Å²) in [6.45, 7) is 4.05. The number of benzene rings is 2. The van der Waals surface area contributed by atoms with E-state index in [1.165, 1.54) is 5.56 Å². The molecule has 0 radical (unpaired) electrons. The van der Waals surface area contributed by atoms with E-state index in [0.29, 0.717) is 5.02 Å². The summed E-state index contributed by atoms with van der Waals surface area (Å²) in [6, 6.07) is 11.7. The zero-order valence-electron chi connectivity index (χ0n) is 11.5. The minimum atomic E-state index is 0.0906. The Labute approximate surface area is 133 Å². The van der Waals surface area contributed by atoms with Gasteiger partial charge in [-0.15, -0.1) is 0 Å². The SMILES string of the molecule is Cc1ccc(Oc2ccc(Cl)cc2Br)c(CC(C)N)c1. The third kappa shape index (κ3) is 3.98. The Morgan fingerprint density at radius 2 is 1.90 bits per heavy atom. The van der Waals surface area contributed by atoms with Crippen molar-refractivity contribution in [3.8, 4) is 11.5 Å². The quantitative estimate of drug-likeness (QED) is 0.829. The molecule has 0 spiro atoms. The van der Waals surface area contributed by atoms with E-state index in [1.54, 1.807) is 6.07 Å². The molecule has 2 aromatic carbocycles. The standard InChI is InChI=1S/C16H17BrClNO/c1-10-3-5-15(12(7-10)8-11(2)19)20-16-6-4-13(18)9-14(16)17/h3-7,9,11H,8,19H2,1-2H3. The number of nitrogens with two attached hydrogens (primary N) is 1. The summed E-state index contributed by atoms with van der Waals surface area (Å²) >= 11 is 9.40. The molecule has 2 rings (SSSR count). The first-order valence-corrected chi connectivity index (χ1v) is 7.61. The van der Waals surface area contributed by atoms with E-state index >= 15 is 0 Å². The summed E-state index contributed by atoms with van der Waals surface area (Å²) in [5, 5.41) is 0.670. The first-order chi connectivity index (χ1) is 9.45. The second kappa shape index (κ2) is 6.61. The van der Waals surface area contributed by atoms with Crippen molar-refractivity contribution in [3.63, 3.8) is 0 Å². The Hall–Kier alpha value is -1.03. The normalized spacial score (nSPS) is 12.2. The summed E-state index contributed by atoms with van der Waals surface area (Å²) in [7, 11) is 0. The fourth-order valence-electron chi connectivity index (χ4n) is 1.99. The van der Waals surface area contributed by atoms with E-state index in [4.69, 9.17) is 22.1 Å². The molecule has 2 nitrogen and oxygen atoms in total. The van der Waals surface area contributed by atoms with Gasteiger partial charge < -0.3 is 10.5 Å². The number of hydrogen-bond acceptors (Lipinski definition) is 2. The Bertz CT molecular complexity index is 613. The molecule has 106 valence electrons. The minimum Gasteiger partial charge on any atom is -0.456 e. The van der Waals surface area contributed by atoms with Gasteiger partial charge in [0.25, 0.3) is 0 Å². The highest BCUT2D eigenvalue weighted by Gasteiger charge is 2.10. The number of halogens is 2. The molecule has 1 atom stereocenters. The van der Waals surface area contributed by atoms with Crippen molar-refractivity contribution >= 4 is 27.5 Å². The second-order valence-electron chi connectivity index (χ2n) is 4.97. The van der Waals surface area contributed by atoms with Gasteiger partial charge in [0.2, 0.25) is 0 Å². The lowest BCUT2D eigenvalue weighted by Crippen LogP contribution is -2.18. The van der Waals surface area contributed by atoms with E-state index in [9.17, 15) is 0 Å². The van der Waals surface area contributed by atoms with Crippen LogP contribution in [0.25, 0.3) is 0 Å². The second-order valence-corrected chi connectivity index (χ2v) is 6.26. The molecule has 0 aliphatic carbocycles. The van der Waals surface area contributed by atoms with Crippen LogP contribution >= 0.6 is 27.5 Å². The van der Waals surface area contributed by atoms with E-state index in [0.717, 1.165) is 28.0 Å². The molecule has 4 heteroatoms. The predicted octanol–water partition coefficient (Wildman–Crippen LogP) is 5.09. The van der Waals surface area contributed by atoms with E-state index < -0.39 is 0 Å². The highest BCUT2D eigenvalue weighted by molar-refractivity contribution is 9.10. The van der Waals surface area contributed by atoms with Crippen molar-refractivity contribution < 1.29 is 4.74 Å². The van der Waals surface area contributed by atoms with Crippen LogP contribution in [0.3, 0.4) is 0 Å². The van der Waals surface area contributed by atoms with Crippen LogP contribution in [0.2, 0.25) is 5.02 Å². The van der Waals surface area contributed by atoms with Gasteiger partial charge in [0.1, 0.15) is 11.5 Å². The molecule has 0 aliphatic heterocycles. The lowest BCUT2D eigenvalue weighted by atomic mass is 10.0. The van der Waals surface area contributed by atoms with Gasteiger partial charge in [-0.2, -0.15) is 0 Å². The van der Waals surface area contributed by atoms with Crippen LogP contribution in [-0.2, 0) is 6.42 Å². The molecule has 0 heterocycles. The number of ether oxygens (including phenoxy) is 1. The molecule has 0 aromatic heterocycles. The van der Waals surface area contributed by atoms with Crippen molar-refractivity contribution in [2.45, 2.75) is 26.3 Å². The maximum atomic E-state index is 5.99. The molecule has 20 heavy (non-hydrogen) atoms. The molecule has 0 amide bonds. The molecular formula is C16H17BrClNO. The van der Waals surface area contributed by atoms with Crippen LogP contribution in [0, 0.1) is 6.92 Å². The van der Waals surface area contributed by atoms with Gasteiger partial charge in [-0.1, -0.05) is 29.3 Å². The average Bonchev–Trinajstić information content (AvgIpc) is 2.34. The zero-order valence-corrected chi connectivity index (χ0v) is 13.8. The molecule has 0 fully saturated rings. The van der Waals surface area contributed by atoms with Gasteiger partial charge in [-0.25, -0.2) is 0 Å². The Morgan fingerprint density at radius 3 is 2.55 bits per heavy atom. The Kier molecular flexibility index (Phi) is 5.08. The Balaban J connectivity index is 2.32. The van der Waals surface area contributed by atoms with Gasteiger partial charge in [0.15, 0.2) is 0 Å². The molecular weight excluding hydrogens is 338 g/mol. The van der Waals surface area contributed by atoms with Gasteiger partial charge >= 0.3 is 0 Å². The van der Waals surface area contributed by atoms with Crippen LogP contribution in [0.4, 0.5) is 0 Å². The topological polar surface area (TPSA) is 35.2 Å². The lowest BCUT2D eigenvalue weighted by molar-refractivity contribution is 0.471. The van der Waals surface area contributed by atoms with Crippen LogP contribution in [-0.4, -0.2) is 6.04 Å². The highest BCUT2D eigenvalue weighted by atomic mass is 79.9. The fourth-order valence-corrected chi connectivity index (χ4v) is 2.75. The molecule has 1 unspecified atom stereocenters. The van der Waals surface area contributed by atoms with Crippen molar-refractivity contribution in [1.82, 2.24) is 0 Å². The maximum absolute atomic E-state index is 5.99. The van der Waals surface area contributed by atoms with Crippen LogP contribution in [0.5, 0.6) is 11.5 Å². The summed E-state index contributed by atoms with van der Waals surface area (Å²) in [6.07, 6.45) is 0.780. The maximum Gasteiger partial charge on any atom is 0.141 e. The summed E-state index contributed by atoms with van der Waals surface area (Å²) < 4.78 is 6.82. The molecule has 0 bridgehead atoms. The van der Waals surface area contributed by atoms with Gasteiger partial charge in [0, 0.05) is 11.1 Å². The van der Waals surface area contributed by atoms with E-state index in [2.05, 4.69) is 28.9 Å². The summed E-state index contributed by atoms with van der Waals surface area (Å²) in [5.74, 6) is 1.57. The average molecular weight is 355 g/mol. The molecule has 0 aliphatic rings. The van der Waals surface area contributed by atoms with Crippen LogP contribution in [0.1, 0.15) is 18.1 Å². The fraction of sp³-hybridized carbons (Fsp3) is 0.250. The lowest BCUT2D eigenvalue weighted by Gasteiger charge is -2.14. The van der Waals surface area contributed by atoms with Crippen molar-refractivity contribution in [3.05, 3.63) is 57.0 Å². The predicted molar refractivity (Wildman–Crippen MR) is 87.8 cm³/mol. The molecule has 0 saturated carbocycles. The van der Waals surface area contributed by atoms with Crippen LogP contribution in [0.15, 0.2) is 40.9 Å². The highest BCUT2D eigenvalue weighted by Crippen LogP contribution is 2.34. The summed E-state index contributed by atoms with van der Waals surface area (Å²) in [4.78, 5) is 0. The third-order valence-electron chi connectivity index (χ3n) is 2.87. The van der Waals surface area contributed by atoms with Crippen molar-refractivity contribution in [2.75, 3.05) is 0 Å². The summed E-state index contributed by atoms with van der Waals surface area (Å²) in [5.41, 5.74) is 8.21. The largest absolute Gasteiger partial charge is 0.456 e. The first-order valence-electron chi connectivity index (χ1n) is 6.43. The van der Waals surface area contributed by atoms with Crippen LogP contribution < -0.4 is 10.5 Å². The minimum absolute atomic E-state index is 0.0906. The Morgan fingerprint density at radius 1 is 1.20 bits per heavy atom. The number of aryl methyl sites for hydroxylation is 1. The molecule has 2 aromatic rings. The van der Waals surface area contributed by atoms with Gasteiger partial charge in [-0.3, -0.25) is 0 Å². The van der Waals surface area contributed by atoms with E-state index in [-0.39, 0.29) is 6.04 Å².